The third-order valence-corrected chi connectivity index (χ3v) is 4.91. The maximum absolute atomic E-state index is 12.8. The van der Waals surface area contributed by atoms with Crippen molar-refractivity contribution in [1.29, 1.82) is 0 Å². The van der Waals surface area contributed by atoms with Crippen molar-refractivity contribution in [1.82, 2.24) is 10.6 Å². The van der Waals surface area contributed by atoms with Crippen molar-refractivity contribution < 1.29 is 14.0 Å². The first kappa shape index (κ1) is 20.0. The van der Waals surface area contributed by atoms with Crippen molar-refractivity contribution in [2.75, 3.05) is 0 Å². The van der Waals surface area contributed by atoms with Gasteiger partial charge in [-0.05, 0) is 37.1 Å². The molecule has 0 aliphatic heterocycles. The Morgan fingerprint density at radius 2 is 1.64 bits per heavy atom. The van der Waals surface area contributed by atoms with Crippen LogP contribution in [0.5, 0.6) is 0 Å². The summed E-state index contributed by atoms with van der Waals surface area (Å²) in [6.07, 6.45) is 0. The van der Waals surface area contributed by atoms with Crippen LogP contribution in [0, 0.1) is 5.92 Å². The van der Waals surface area contributed by atoms with Gasteiger partial charge in [0.05, 0.1) is 16.6 Å². The number of fused-ring (bicyclic) bond motifs is 1. The summed E-state index contributed by atoms with van der Waals surface area (Å²) in [5, 5.41) is 7.04. The van der Waals surface area contributed by atoms with Crippen molar-refractivity contribution in [2.45, 2.75) is 32.9 Å². The van der Waals surface area contributed by atoms with Gasteiger partial charge in [-0.15, -0.1) is 0 Å². The maximum atomic E-state index is 12.8. The summed E-state index contributed by atoms with van der Waals surface area (Å²) in [6.45, 7) is 5.61. The van der Waals surface area contributed by atoms with Crippen LogP contribution < -0.4 is 10.6 Å². The molecule has 2 N–H and O–H groups in total. The van der Waals surface area contributed by atoms with Crippen molar-refractivity contribution >= 4 is 34.4 Å². The molecule has 28 heavy (non-hydrogen) atoms. The second-order valence-electron chi connectivity index (χ2n) is 7.09. The van der Waals surface area contributed by atoms with E-state index in [4.69, 9.17) is 16.0 Å². The van der Waals surface area contributed by atoms with E-state index in [-0.39, 0.29) is 23.8 Å². The number of amides is 2. The van der Waals surface area contributed by atoms with Crippen LogP contribution in [0.25, 0.3) is 11.0 Å². The highest BCUT2D eigenvalue weighted by Gasteiger charge is 2.27. The number of furan rings is 1. The van der Waals surface area contributed by atoms with Gasteiger partial charge in [0.1, 0.15) is 17.4 Å². The smallest absolute Gasteiger partial charge is 0.253 e. The molecule has 3 aromatic rings. The lowest BCUT2D eigenvalue weighted by Gasteiger charge is -2.23. The average Bonchev–Trinajstić information content (AvgIpc) is 3.10. The molecule has 1 aromatic heterocycles. The summed E-state index contributed by atoms with van der Waals surface area (Å²) in [4.78, 5) is 25.4. The van der Waals surface area contributed by atoms with Gasteiger partial charge in [-0.3, -0.25) is 9.59 Å². The predicted molar refractivity (Wildman–Crippen MR) is 110 cm³/mol. The molecule has 3 rings (SSSR count). The van der Waals surface area contributed by atoms with Gasteiger partial charge in [0.15, 0.2) is 0 Å². The largest absolute Gasteiger partial charge is 0.459 e. The molecule has 0 bridgehead atoms. The average molecular weight is 399 g/mol. The number of rotatable bonds is 6. The van der Waals surface area contributed by atoms with E-state index in [1.807, 2.05) is 51.1 Å². The molecule has 1 unspecified atom stereocenters. The highest BCUT2D eigenvalue weighted by atomic mass is 35.5. The van der Waals surface area contributed by atoms with Gasteiger partial charge in [0.25, 0.3) is 5.91 Å². The molecular weight excluding hydrogens is 376 g/mol. The number of hydrogen-bond donors (Lipinski definition) is 2. The van der Waals surface area contributed by atoms with Gasteiger partial charge in [0.2, 0.25) is 5.91 Å². The van der Waals surface area contributed by atoms with Crippen LogP contribution in [0.15, 0.2) is 59.0 Å². The molecule has 6 heteroatoms. The highest BCUT2D eigenvalue weighted by molar-refractivity contribution is 6.33. The Morgan fingerprint density at radius 3 is 2.32 bits per heavy atom. The van der Waals surface area contributed by atoms with Gasteiger partial charge >= 0.3 is 0 Å². The lowest BCUT2D eigenvalue weighted by molar-refractivity contribution is -0.124. The molecule has 0 spiro atoms. The lowest BCUT2D eigenvalue weighted by atomic mass is 10.0. The van der Waals surface area contributed by atoms with E-state index >= 15 is 0 Å². The van der Waals surface area contributed by atoms with Crippen LogP contribution in [0.4, 0.5) is 0 Å². The van der Waals surface area contributed by atoms with E-state index in [2.05, 4.69) is 10.6 Å². The van der Waals surface area contributed by atoms with Crippen molar-refractivity contribution in [2.24, 2.45) is 5.92 Å². The molecular formula is C22H23ClN2O3. The van der Waals surface area contributed by atoms with E-state index in [1.54, 1.807) is 24.3 Å². The number of benzene rings is 2. The third kappa shape index (κ3) is 4.37. The van der Waals surface area contributed by atoms with E-state index in [0.717, 1.165) is 11.0 Å². The zero-order chi connectivity index (χ0) is 20.3. The number of carbonyl (C=O) groups is 2. The van der Waals surface area contributed by atoms with Crippen LogP contribution in [0.3, 0.4) is 0 Å². The molecule has 146 valence electrons. The van der Waals surface area contributed by atoms with Gasteiger partial charge < -0.3 is 15.1 Å². The Morgan fingerprint density at radius 1 is 0.964 bits per heavy atom. The minimum Gasteiger partial charge on any atom is -0.459 e. The molecule has 0 saturated heterocycles. The van der Waals surface area contributed by atoms with Crippen molar-refractivity contribution in [3.63, 3.8) is 0 Å². The standard InChI is InChI=1S/C22H23ClN2O3/c1-13(2)20(25-21(26)16-9-5-6-10-17(16)23)22(27)24-14(3)19-12-15-8-4-7-11-18(15)28-19/h4-14,20H,1-3H3,(H,24,27)(H,25,26)/t14?,20-/m0/s1. The quantitative estimate of drug-likeness (QED) is 0.631. The fourth-order valence-corrected chi connectivity index (χ4v) is 3.21. The minimum absolute atomic E-state index is 0.102. The summed E-state index contributed by atoms with van der Waals surface area (Å²) in [5.41, 5.74) is 1.11. The minimum atomic E-state index is -0.699. The summed E-state index contributed by atoms with van der Waals surface area (Å²) in [6, 6.07) is 15.3. The summed E-state index contributed by atoms with van der Waals surface area (Å²) in [7, 11) is 0. The van der Waals surface area contributed by atoms with Crippen LogP contribution >= 0.6 is 11.6 Å². The van der Waals surface area contributed by atoms with Crippen LogP contribution in [-0.2, 0) is 4.79 Å². The summed E-state index contributed by atoms with van der Waals surface area (Å²) in [5.74, 6) is -0.0944. The van der Waals surface area contributed by atoms with Crippen LogP contribution in [-0.4, -0.2) is 17.9 Å². The normalized spacial score (nSPS) is 13.3. The zero-order valence-electron chi connectivity index (χ0n) is 16.0. The number of carbonyl (C=O) groups excluding carboxylic acids is 2. The first-order valence-electron chi connectivity index (χ1n) is 9.21. The first-order valence-corrected chi connectivity index (χ1v) is 9.59. The third-order valence-electron chi connectivity index (χ3n) is 4.58. The summed E-state index contributed by atoms with van der Waals surface area (Å²) >= 11 is 6.09. The second kappa shape index (κ2) is 8.48. The molecule has 0 fully saturated rings. The number of nitrogens with one attached hydrogen (secondary N) is 2. The molecule has 0 aliphatic carbocycles. The predicted octanol–water partition coefficient (Wildman–Crippen LogP) is 4.72. The molecule has 0 saturated carbocycles. The zero-order valence-corrected chi connectivity index (χ0v) is 16.8. The molecule has 2 aromatic carbocycles. The van der Waals surface area contributed by atoms with Crippen LogP contribution in [0.2, 0.25) is 5.02 Å². The van der Waals surface area contributed by atoms with Gasteiger partial charge in [-0.1, -0.05) is 55.8 Å². The van der Waals surface area contributed by atoms with E-state index < -0.39 is 6.04 Å². The molecule has 2 atom stereocenters. The second-order valence-corrected chi connectivity index (χ2v) is 7.50. The van der Waals surface area contributed by atoms with Gasteiger partial charge in [-0.2, -0.15) is 0 Å². The Bertz CT molecular complexity index is 963. The van der Waals surface area contributed by atoms with Crippen LogP contribution in [0.1, 0.15) is 42.9 Å². The fourth-order valence-electron chi connectivity index (χ4n) is 2.99. The van der Waals surface area contributed by atoms with Crippen molar-refractivity contribution in [3.05, 3.63) is 70.9 Å². The Balaban J connectivity index is 1.72. The lowest BCUT2D eigenvalue weighted by Crippen LogP contribution is -2.50. The number of halogens is 1. The Labute approximate surface area is 169 Å². The SMILES string of the molecule is CC(NC(=O)[C@@H](NC(=O)c1ccccc1Cl)C(C)C)c1cc2ccccc2o1. The van der Waals surface area contributed by atoms with Gasteiger partial charge in [0, 0.05) is 5.39 Å². The van der Waals surface area contributed by atoms with E-state index in [9.17, 15) is 9.59 Å². The first-order chi connectivity index (χ1) is 13.4. The van der Waals surface area contributed by atoms with Gasteiger partial charge in [-0.25, -0.2) is 0 Å². The molecule has 5 nitrogen and oxygen atoms in total. The van der Waals surface area contributed by atoms with Crippen molar-refractivity contribution in [3.8, 4) is 0 Å². The summed E-state index contributed by atoms with van der Waals surface area (Å²) < 4.78 is 5.82. The Kier molecular flexibility index (Phi) is 6.05. The highest BCUT2D eigenvalue weighted by Crippen LogP contribution is 2.24. The maximum Gasteiger partial charge on any atom is 0.253 e. The molecule has 0 radical (unpaired) electrons. The van der Waals surface area contributed by atoms with E-state index in [0.29, 0.717) is 16.3 Å². The molecule has 0 aliphatic rings. The number of para-hydroxylation sites is 1. The number of hydrogen-bond acceptors (Lipinski definition) is 3. The fraction of sp³-hybridized carbons (Fsp3) is 0.273. The van der Waals surface area contributed by atoms with E-state index in [1.165, 1.54) is 0 Å². The molecule has 2 amide bonds. The topological polar surface area (TPSA) is 71.3 Å². The molecule has 1 heterocycles. The monoisotopic (exact) mass is 398 g/mol. The Hall–Kier alpha value is -2.79.